The van der Waals surface area contributed by atoms with Crippen molar-refractivity contribution in [3.63, 3.8) is 0 Å². The zero-order valence-corrected chi connectivity index (χ0v) is 19.3. The van der Waals surface area contributed by atoms with Gasteiger partial charge in [0.25, 0.3) is 11.6 Å². The molecule has 0 bridgehead atoms. The number of halogens is 1. The van der Waals surface area contributed by atoms with Gasteiger partial charge in [0.05, 0.1) is 15.9 Å². The lowest BCUT2D eigenvalue weighted by atomic mass is 10.2. The first kappa shape index (κ1) is 22.7. The number of nitrogens with zero attached hydrogens (tertiary/aromatic N) is 2. The minimum Gasteiger partial charge on any atom is -0.322 e. The van der Waals surface area contributed by atoms with Crippen LogP contribution in [0.15, 0.2) is 82.2 Å². The molecule has 1 aliphatic heterocycles. The minimum atomic E-state index is -0.529. The van der Waals surface area contributed by atoms with Gasteiger partial charge in [0, 0.05) is 39.2 Å². The Balaban J connectivity index is 1.39. The molecule has 33 heavy (non-hydrogen) atoms. The molecule has 1 aliphatic rings. The average Bonchev–Trinajstić information content (AvgIpc) is 3.08. The number of hydrogen-bond donors (Lipinski definition) is 1. The summed E-state index contributed by atoms with van der Waals surface area (Å²) in [6, 6.07) is 19.2. The van der Waals surface area contributed by atoms with E-state index in [0.717, 1.165) is 9.37 Å². The van der Waals surface area contributed by atoms with Crippen LogP contribution in [0.3, 0.4) is 0 Å². The van der Waals surface area contributed by atoms with E-state index in [0.29, 0.717) is 16.9 Å². The maximum atomic E-state index is 12.8. The quantitative estimate of drug-likeness (QED) is 0.274. The van der Waals surface area contributed by atoms with Crippen molar-refractivity contribution in [2.45, 2.75) is 16.6 Å². The highest BCUT2D eigenvalue weighted by Crippen LogP contribution is 2.34. The second-order valence-electron chi connectivity index (χ2n) is 7.14. The molecule has 4 rings (SSSR count). The molecule has 1 atom stereocenters. The normalized spacial score (nSPS) is 15.5. The Morgan fingerprint density at radius 2 is 1.64 bits per heavy atom. The Kier molecular flexibility index (Phi) is 6.57. The van der Waals surface area contributed by atoms with Crippen molar-refractivity contribution in [1.82, 2.24) is 0 Å². The summed E-state index contributed by atoms with van der Waals surface area (Å²) in [5, 5.41) is 12.9. The first-order valence-corrected chi connectivity index (χ1v) is 11.4. The highest BCUT2D eigenvalue weighted by Gasteiger charge is 2.40. The number of nitro groups is 1. The second-order valence-corrected chi connectivity index (χ2v) is 9.33. The second kappa shape index (κ2) is 9.55. The summed E-state index contributed by atoms with van der Waals surface area (Å²) < 4.78 is 0.858. The monoisotopic (exact) mass is 525 g/mol. The Morgan fingerprint density at radius 3 is 2.24 bits per heavy atom. The van der Waals surface area contributed by atoms with Gasteiger partial charge in [-0.2, -0.15) is 0 Å². The maximum absolute atomic E-state index is 12.8. The zero-order valence-electron chi connectivity index (χ0n) is 16.9. The molecule has 10 heteroatoms. The van der Waals surface area contributed by atoms with Gasteiger partial charge in [0.2, 0.25) is 11.8 Å². The molecule has 1 unspecified atom stereocenters. The Hall–Kier alpha value is -3.50. The molecule has 1 N–H and O–H groups in total. The molecule has 3 aromatic carbocycles. The molecule has 1 saturated heterocycles. The van der Waals surface area contributed by atoms with E-state index < -0.39 is 16.1 Å². The van der Waals surface area contributed by atoms with Crippen LogP contribution in [-0.2, 0) is 9.59 Å². The summed E-state index contributed by atoms with van der Waals surface area (Å²) in [5.74, 6) is -0.901. The highest BCUT2D eigenvalue weighted by atomic mass is 79.9. The van der Waals surface area contributed by atoms with E-state index in [1.807, 2.05) is 0 Å². The van der Waals surface area contributed by atoms with Crippen LogP contribution >= 0.6 is 27.7 Å². The first-order chi connectivity index (χ1) is 15.8. The van der Waals surface area contributed by atoms with Crippen LogP contribution < -0.4 is 10.2 Å². The Bertz CT molecular complexity index is 1230. The highest BCUT2D eigenvalue weighted by molar-refractivity contribution is 9.10. The predicted octanol–water partition coefficient (Wildman–Crippen LogP) is 5.03. The van der Waals surface area contributed by atoms with Gasteiger partial charge in [0.15, 0.2) is 0 Å². The number of benzene rings is 3. The van der Waals surface area contributed by atoms with Crippen LogP contribution in [0.1, 0.15) is 16.8 Å². The Morgan fingerprint density at radius 1 is 1.00 bits per heavy atom. The third-order valence-corrected chi connectivity index (χ3v) is 6.65. The van der Waals surface area contributed by atoms with Gasteiger partial charge in [-0.3, -0.25) is 24.5 Å². The molecule has 8 nitrogen and oxygen atoms in total. The van der Waals surface area contributed by atoms with E-state index >= 15 is 0 Å². The number of non-ortho nitro benzene ring substituents is 1. The molecule has 0 spiro atoms. The van der Waals surface area contributed by atoms with E-state index in [9.17, 15) is 24.5 Å². The molecule has 1 heterocycles. The largest absolute Gasteiger partial charge is 0.322 e. The maximum Gasteiger partial charge on any atom is 0.269 e. The average molecular weight is 526 g/mol. The van der Waals surface area contributed by atoms with E-state index in [4.69, 9.17) is 0 Å². The third kappa shape index (κ3) is 5.12. The number of thioether (sulfide) groups is 1. The lowest BCUT2D eigenvalue weighted by Crippen LogP contribution is -2.31. The van der Waals surface area contributed by atoms with Gasteiger partial charge in [0.1, 0.15) is 0 Å². The number of nitro benzene ring substituents is 1. The zero-order chi connectivity index (χ0) is 23.5. The Labute approximate surface area is 201 Å². The van der Waals surface area contributed by atoms with E-state index in [1.54, 1.807) is 48.5 Å². The first-order valence-electron chi connectivity index (χ1n) is 9.77. The predicted molar refractivity (Wildman–Crippen MR) is 128 cm³/mol. The van der Waals surface area contributed by atoms with Crippen molar-refractivity contribution in [2.24, 2.45) is 0 Å². The van der Waals surface area contributed by atoms with Gasteiger partial charge in [-0.1, -0.05) is 15.9 Å². The van der Waals surface area contributed by atoms with Crippen molar-refractivity contribution in [3.8, 4) is 0 Å². The number of carbonyl (C=O) groups is 3. The van der Waals surface area contributed by atoms with Crippen molar-refractivity contribution >= 4 is 62.5 Å². The lowest BCUT2D eigenvalue weighted by molar-refractivity contribution is -0.384. The molecule has 3 aromatic rings. The fourth-order valence-electron chi connectivity index (χ4n) is 3.28. The fourth-order valence-corrected chi connectivity index (χ4v) is 4.59. The van der Waals surface area contributed by atoms with Crippen LogP contribution in [0.25, 0.3) is 0 Å². The molecule has 0 aliphatic carbocycles. The minimum absolute atomic E-state index is 0.0911. The van der Waals surface area contributed by atoms with Gasteiger partial charge in [-0.25, -0.2) is 4.90 Å². The third-order valence-electron chi connectivity index (χ3n) is 4.92. The van der Waals surface area contributed by atoms with Crippen molar-refractivity contribution in [3.05, 3.63) is 92.9 Å². The van der Waals surface area contributed by atoms with Crippen molar-refractivity contribution in [2.75, 3.05) is 10.2 Å². The van der Waals surface area contributed by atoms with Gasteiger partial charge >= 0.3 is 0 Å². The summed E-state index contributed by atoms with van der Waals surface area (Å²) in [6.07, 6.45) is 0.109. The van der Waals surface area contributed by atoms with E-state index in [-0.39, 0.29) is 23.9 Å². The molecule has 166 valence electrons. The fraction of sp³-hybridized carbons (Fsp3) is 0.0870. The van der Waals surface area contributed by atoms with E-state index in [1.165, 1.54) is 40.9 Å². The van der Waals surface area contributed by atoms with Crippen LogP contribution in [0.5, 0.6) is 0 Å². The van der Waals surface area contributed by atoms with Gasteiger partial charge < -0.3 is 5.32 Å². The van der Waals surface area contributed by atoms with Gasteiger partial charge in [-0.05, 0) is 60.7 Å². The number of amides is 3. The summed E-state index contributed by atoms with van der Waals surface area (Å²) in [5.41, 5.74) is 1.28. The van der Waals surface area contributed by atoms with Crippen LogP contribution in [0.2, 0.25) is 0 Å². The standard InChI is InChI=1S/C23H16BrN3O5S/c24-15-3-9-17(10-4-15)26-21(28)13-20(23(26)30)33-19-11-5-16(6-12-19)25-22(29)14-1-7-18(8-2-14)27(31)32/h1-12,20H,13H2,(H,25,29). The number of imide groups is 1. The topological polar surface area (TPSA) is 110 Å². The number of nitrogens with one attached hydrogen (secondary N) is 1. The summed E-state index contributed by atoms with van der Waals surface area (Å²) in [7, 11) is 0. The van der Waals surface area contributed by atoms with Crippen LogP contribution in [0, 0.1) is 10.1 Å². The summed E-state index contributed by atoms with van der Waals surface area (Å²) in [4.78, 5) is 49.8. The summed E-state index contributed by atoms with van der Waals surface area (Å²) in [6.45, 7) is 0. The number of rotatable bonds is 6. The molecule has 3 amide bonds. The van der Waals surface area contributed by atoms with Crippen LogP contribution in [-0.4, -0.2) is 27.9 Å². The van der Waals surface area contributed by atoms with Crippen LogP contribution in [0.4, 0.5) is 17.1 Å². The molecular formula is C23H16BrN3O5S. The van der Waals surface area contributed by atoms with Crippen molar-refractivity contribution in [1.29, 1.82) is 0 Å². The van der Waals surface area contributed by atoms with Crippen molar-refractivity contribution < 1.29 is 19.3 Å². The molecule has 0 saturated carbocycles. The number of carbonyl (C=O) groups excluding carboxylic acids is 3. The SMILES string of the molecule is O=C(Nc1ccc(SC2CC(=O)N(c3ccc(Br)cc3)C2=O)cc1)c1ccc([N+](=O)[O-])cc1. The molecular weight excluding hydrogens is 510 g/mol. The number of hydrogen-bond acceptors (Lipinski definition) is 6. The molecule has 1 fully saturated rings. The number of anilines is 2. The van der Waals surface area contributed by atoms with E-state index in [2.05, 4.69) is 21.2 Å². The molecule has 0 radical (unpaired) electrons. The summed E-state index contributed by atoms with van der Waals surface area (Å²) >= 11 is 4.63. The van der Waals surface area contributed by atoms with Gasteiger partial charge in [-0.15, -0.1) is 11.8 Å². The lowest BCUT2D eigenvalue weighted by Gasteiger charge is -2.15. The smallest absolute Gasteiger partial charge is 0.269 e. The molecule has 0 aromatic heterocycles.